The third-order valence-electron chi connectivity index (χ3n) is 3.15. The summed E-state index contributed by atoms with van der Waals surface area (Å²) in [6, 6.07) is 4.76. The van der Waals surface area contributed by atoms with E-state index in [0.717, 1.165) is 12.8 Å². The van der Waals surface area contributed by atoms with Crippen LogP contribution in [-0.2, 0) is 4.79 Å². The second kappa shape index (κ2) is 6.46. The Morgan fingerprint density at radius 1 is 1.47 bits per heavy atom. The van der Waals surface area contributed by atoms with Crippen LogP contribution in [0, 0.1) is 0 Å². The molecule has 0 saturated carbocycles. The van der Waals surface area contributed by atoms with Gasteiger partial charge in [-0.1, -0.05) is 23.2 Å². The van der Waals surface area contributed by atoms with Crippen molar-refractivity contribution in [3.8, 4) is 5.75 Å². The first-order valence-electron chi connectivity index (χ1n) is 6.10. The molecule has 19 heavy (non-hydrogen) atoms. The zero-order chi connectivity index (χ0) is 13.8. The molecule has 0 radical (unpaired) electrons. The van der Waals surface area contributed by atoms with Gasteiger partial charge in [0.25, 0.3) is 5.91 Å². The van der Waals surface area contributed by atoms with Crippen LogP contribution in [0.1, 0.15) is 12.8 Å². The van der Waals surface area contributed by atoms with Crippen molar-refractivity contribution in [3.05, 3.63) is 28.2 Å². The zero-order valence-electron chi connectivity index (χ0n) is 10.3. The van der Waals surface area contributed by atoms with E-state index in [4.69, 9.17) is 27.9 Å². The number of halogens is 2. The van der Waals surface area contributed by atoms with Gasteiger partial charge >= 0.3 is 0 Å². The molecule has 1 aromatic carbocycles. The number of nitrogens with zero attached hydrogens (tertiary/aromatic N) is 1. The number of hydrogen-bond donors (Lipinski definition) is 1. The number of hydrogen-bond acceptors (Lipinski definition) is 3. The summed E-state index contributed by atoms with van der Waals surface area (Å²) in [7, 11) is 0. The standard InChI is InChI=1S/C13H15Cl2NO3/c14-9-3-4-11(15)12(6-9)19-8-13(18)16-5-1-2-10(16)7-17/h3-4,6,10,17H,1-2,5,7-8H2. The van der Waals surface area contributed by atoms with Crippen molar-refractivity contribution in [1.29, 1.82) is 0 Å². The normalized spacial score (nSPS) is 18.7. The highest BCUT2D eigenvalue weighted by Crippen LogP contribution is 2.28. The third kappa shape index (κ3) is 3.53. The van der Waals surface area contributed by atoms with Crippen LogP contribution in [0.15, 0.2) is 18.2 Å². The SMILES string of the molecule is O=C(COc1cc(Cl)ccc1Cl)N1CCCC1CO. The molecule has 0 spiro atoms. The van der Waals surface area contributed by atoms with Crippen LogP contribution in [0.25, 0.3) is 0 Å². The first-order chi connectivity index (χ1) is 9.11. The highest BCUT2D eigenvalue weighted by atomic mass is 35.5. The number of aliphatic hydroxyl groups excluding tert-OH is 1. The Morgan fingerprint density at radius 2 is 2.26 bits per heavy atom. The largest absolute Gasteiger partial charge is 0.482 e. The molecule has 1 aromatic rings. The lowest BCUT2D eigenvalue weighted by atomic mass is 10.2. The molecule has 1 amide bonds. The number of rotatable bonds is 4. The van der Waals surface area contributed by atoms with Gasteiger partial charge in [-0.25, -0.2) is 0 Å². The van der Waals surface area contributed by atoms with Gasteiger partial charge in [0.1, 0.15) is 5.75 Å². The Hall–Kier alpha value is -0.970. The highest BCUT2D eigenvalue weighted by Gasteiger charge is 2.28. The summed E-state index contributed by atoms with van der Waals surface area (Å²) in [5.41, 5.74) is 0. The fourth-order valence-corrected chi connectivity index (χ4v) is 2.50. The molecule has 0 aliphatic carbocycles. The Labute approximate surface area is 121 Å². The second-order valence-corrected chi connectivity index (χ2v) is 5.27. The smallest absolute Gasteiger partial charge is 0.260 e. The van der Waals surface area contributed by atoms with Gasteiger partial charge in [-0.3, -0.25) is 4.79 Å². The van der Waals surface area contributed by atoms with Gasteiger partial charge in [-0.15, -0.1) is 0 Å². The van der Waals surface area contributed by atoms with Crippen LogP contribution in [0.4, 0.5) is 0 Å². The lowest BCUT2D eigenvalue weighted by Gasteiger charge is -2.23. The molecule has 1 heterocycles. The van der Waals surface area contributed by atoms with Crippen LogP contribution in [0.2, 0.25) is 10.0 Å². The molecule has 0 bridgehead atoms. The molecule has 4 nitrogen and oxygen atoms in total. The summed E-state index contributed by atoms with van der Waals surface area (Å²) in [4.78, 5) is 13.6. The van der Waals surface area contributed by atoms with E-state index >= 15 is 0 Å². The molecule has 1 unspecified atom stereocenters. The van der Waals surface area contributed by atoms with E-state index in [1.165, 1.54) is 0 Å². The van der Waals surface area contributed by atoms with Gasteiger partial charge in [-0.05, 0) is 25.0 Å². The quantitative estimate of drug-likeness (QED) is 0.929. The van der Waals surface area contributed by atoms with Crippen molar-refractivity contribution in [3.63, 3.8) is 0 Å². The second-order valence-electron chi connectivity index (χ2n) is 4.43. The van der Waals surface area contributed by atoms with Crippen molar-refractivity contribution >= 4 is 29.1 Å². The van der Waals surface area contributed by atoms with Crippen LogP contribution in [-0.4, -0.2) is 41.7 Å². The lowest BCUT2D eigenvalue weighted by Crippen LogP contribution is -2.40. The molecular formula is C13H15Cl2NO3. The molecule has 1 N–H and O–H groups in total. The molecule has 1 aliphatic rings. The summed E-state index contributed by atoms with van der Waals surface area (Å²) in [6.45, 7) is 0.553. The predicted octanol–water partition coefficient (Wildman–Crippen LogP) is 2.36. The van der Waals surface area contributed by atoms with Gasteiger partial charge in [0.15, 0.2) is 6.61 Å². The Bertz CT molecular complexity index is 467. The topological polar surface area (TPSA) is 49.8 Å². The van der Waals surface area contributed by atoms with Crippen LogP contribution >= 0.6 is 23.2 Å². The molecule has 1 atom stereocenters. The molecule has 2 rings (SSSR count). The number of benzene rings is 1. The maximum Gasteiger partial charge on any atom is 0.260 e. The van der Waals surface area contributed by atoms with E-state index in [1.807, 2.05) is 0 Å². The molecular weight excluding hydrogens is 289 g/mol. The highest BCUT2D eigenvalue weighted by molar-refractivity contribution is 6.34. The fourth-order valence-electron chi connectivity index (χ4n) is 2.16. The monoisotopic (exact) mass is 303 g/mol. The van der Waals surface area contributed by atoms with Gasteiger partial charge in [0.2, 0.25) is 0 Å². The van der Waals surface area contributed by atoms with E-state index in [9.17, 15) is 9.90 Å². The van der Waals surface area contributed by atoms with Gasteiger partial charge < -0.3 is 14.7 Å². The summed E-state index contributed by atoms with van der Waals surface area (Å²) < 4.78 is 5.40. The molecule has 1 aliphatic heterocycles. The Balaban J connectivity index is 1.95. The Morgan fingerprint density at radius 3 is 3.00 bits per heavy atom. The van der Waals surface area contributed by atoms with Crippen LogP contribution in [0.5, 0.6) is 5.75 Å². The van der Waals surface area contributed by atoms with Crippen molar-refractivity contribution < 1.29 is 14.6 Å². The minimum Gasteiger partial charge on any atom is -0.482 e. The average molecular weight is 304 g/mol. The van der Waals surface area contributed by atoms with Crippen molar-refractivity contribution in [2.75, 3.05) is 19.8 Å². The third-order valence-corrected chi connectivity index (χ3v) is 3.70. The van der Waals surface area contributed by atoms with Crippen molar-refractivity contribution in [2.45, 2.75) is 18.9 Å². The molecule has 1 fully saturated rings. The van der Waals surface area contributed by atoms with Gasteiger partial charge in [0.05, 0.1) is 17.7 Å². The molecule has 0 aromatic heterocycles. The number of likely N-dealkylation sites (tertiary alicyclic amines) is 1. The van der Waals surface area contributed by atoms with Gasteiger partial charge in [-0.2, -0.15) is 0 Å². The molecule has 104 valence electrons. The van der Waals surface area contributed by atoms with E-state index in [2.05, 4.69) is 0 Å². The van der Waals surface area contributed by atoms with E-state index in [-0.39, 0.29) is 25.2 Å². The minimum atomic E-state index is -0.146. The summed E-state index contributed by atoms with van der Waals surface area (Å²) in [5.74, 6) is 0.245. The minimum absolute atomic E-state index is 0.0103. The number of amides is 1. The summed E-state index contributed by atoms with van der Waals surface area (Å²) in [6.07, 6.45) is 1.75. The number of ether oxygens (including phenoxy) is 1. The average Bonchev–Trinajstić information content (AvgIpc) is 2.88. The number of carbonyl (C=O) groups excluding carboxylic acids is 1. The number of carbonyl (C=O) groups is 1. The first kappa shape index (κ1) is 14.4. The van der Waals surface area contributed by atoms with Crippen molar-refractivity contribution in [2.24, 2.45) is 0 Å². The summed E-state index contributed by atoms with van der Waals surface area (Å²) >= 11 is 11.8. The van der Waals surface area contributed by atoms with Crippen LogP contribution in [0.3, 0.4) is 0 Å². The lowest BCUT2D eigenvalue weighted by molar-refractivity contribution is -0.134. The van der Waals surface area contributed by atoms with Gasteiger partial charge in [0, 0.05) is 17.6 Å². The molecule has 1 saturated heterocycles. The maximum atomic E-state index is 12.0. The van der Waals surface area contributed by atoms with Crippen LogP contribution < -0.4 is 4.74 Å². The fraction of sp³-hybridized carbons (Fsp3) is 0.462. The number of aliphatic hydroxyl groups is 1. The van der Waals surface area contributed by atoms with E-state index in [1.54, 1.807) is 23.1 Å². The maximum absolute atomic E-state index is 12.0. The summed E-state index contributed by atoms with van der Waals surface area (Å²) in [5, 5.41) is 10.1. The van der Waals surface area contributed by atoms with E-state index in [0.29, 0.717) is 22.3 Å². The Kier molecular flexibility index (Phi) is 4.91. The first-order valence-corrected chi connectivity index (χ1v) is 6.85. The zero-order valence-corrected chi connectivity index (χ0v) is 11.8. The molecule has 6 heteroatoms. The van der Waals surface area contributed by atoms with E-state index < -0.39 is 0 Å². The van der Waals surface area contributed by atoms with Crippen molar-refractivity contribution in [1.82, 2.24) is 4.90 Å². The predicted molar refractivity (Wildman–Crippen MR) is 73.8 cm³/mol.